The minimum Gasteiger partial charge on any atom is -0.487 e. The Morgan fingerprint density at radius 2 is 1.92 bits per heavy atom. The van der Waals surface area contributed by atoms with E-state index in [2.05, 4.69) is 0 Å². The van der Waals surface area contributed by atoms with Crippen molar-refractivity contribution in [3.05, 3.63) is 64.7 Å². The highest BCUT2D eigenvalue weighted by molar-refractivity contribution is 7.80. The number of thiocarbonyl (C=S) groups is 1. The highest BCUT2D eigenvalue weighted by Crippen LogP contribution is 2.27. The predicted molar refractivity (Wildman–Crippen MR) is 103 cm³/mol. The first kappa shape index (κ1) is 19.2. The van der Waals surface area contributed by atoms with Gasteiger partial charge >= 0.3 is 5.97 Å². The van der Waals surface area contributed by atoms with Crippen LogP contribution in [0, 0.1) is 0 Å². The molecule has 25 heavy (non-hydrogen) atoms. The maximum absolute atomic E-state index is 11.6. The first-order valence-electron chi connectivity index (χ1n) is 7.88. The molecule has 0 saturated heterocycles. The molecule has 2 rings (SSSR count). The summed E-state index contributed by atoms with van der Waals surface area (Å²) >= 11 is 11.7. The Balaban J connectivity index is 2.00. The van der Waals surface area contributed by atoms with Crippen molar-refractivity contribution >= 4 is 34.8 Å². The summed E-state index contributed by atoms with van der Waals surface area (Å²) in [7, 11) is 1.74. The molecule has 0 fully saturated rings. The van der Waals surface area contributed by atoms with Crippen LogP contribution in [0.5, 0.6) is 5.75 Å². The standard InChI is InChI=1S/C19H20ClNO3S/c1-3-23-18(22)12-21(2)19(25)15-9-10-17(16(20)11-15)24-13-14-7-5-4-6-8-14/h4-11H,3,12-13H2,1-2H3. The third-order valence-electron chi connectivity index (χ3n) is 3.43. The van der Waals surface area contributed by atoms with E-state index in [1.165, 1.54) is 0 Å². The van der Waals surface area contributed by atoms with Crippen molar-refractivity contribution in [3.63, 3.8) is 0 Å². The summed E-state index contributed by atoms with van der Waals surface area (Å²) in [5.74, 6) is 0.270. The predicted octanol–water partition coefficient (Wildman–Crippen LogP) is 4.09. The fraction of sp³-hybridized carbons (Fsp3) is 0.263. The van der Waals surface area contributed by atoms with Crippen molar-refractivity contribution in [3.8, 4) is 5.75 Å². The average molecular weight is 378 g/mol. The zero-order valence-corrected chi connectivity index (χ0v) is 15.8. The molecule has 0 saturated carbocycles. The molecule has 0 spiro atoms. The minimum absolute atomic E-state index is 0.0938. The van der Waals surface area contributed by atoms with E-state index in [-0.39, 0.29) is 12.5 Å². The summed E-state index contributed by atoms with van der Waals surface area (Å²) < 4.78 is 10.7. The summed E-state index contributed by atoms with van der Waals surface area (Å²) in [6.45, 7) is 2.65. The smallest absolute Gasteiger partial charge is 0.325 e. The van der Waals surface area contributed by atoms with E-state index in [9.17, 15) is 4.79 Å². The van der Waals surface area contributed by atoms with Crippen molar-refractivity contribution in [1.29, 1.82) is 0 Å². The Labute approximate surface area is 158 Å². The molecule has 0 radical (unpaired) electrons. The van der Waals surface area contributed by atoms with Crippen LogP contribution in [0.1, 0.15) is 18.1 Å². The number of ether oxygens (including phenoxy) is 2. The van der Waals surface area contributed by atoms with Gasteiger partial charge in [-0.1, -0.05) is 54.2 Å². The van der Waals surface area contributed by atoms with Crippen LogP contribution in [0.2, 0.25) is 5.02 Å². The Morgan fingerprint density at radius 3 is 2.56 bits per heavy atom. The van der Waals surface area contributed by atoms with Gasteiger partial charge in [-0.3, -0.25) is 4.79 Å². The molecule has 4 nitrogen and oxygen atoms in total. The Hall–Kier alpha value is -2.11. The molecule has 0 heterocycles. The SMILES string of the molecule is CCOC(=O)CN(C)C(=S)c1ccc(OCc2ccccc2)c(Cl)c1. The van der Waals surface area contributed by atoms with Crippen LogP contribution >= 0.6 is 23.8 Å². The topological polar surface area (TPSA) is 38.8 Å². The molecule has 0 amide bonds. The molecular weight excluding hydrogens is 358 g/mol. The monoisotopic (exact) mass is 377 g/mol. The normalized spacial score (nSPS) is 10.2. The lowest BCUT2D eigenvalue weighted by Gasteiger charge is -2.19. The van der Waals surface area contributed by atoms with Crippen LogP contribution in [0.4, 0.5) is 0 Å². The maximum Gasteiger partial charge on any atom is 0.325 e. The summed E-state index contributed by atoms with van der Waals surface area (Å²) in [5, 5.41) is 0.473. The van der Waals surface area contributed by atoms with E-state index >= 15 is 0 Å². The van der Waals surface area contributed by atoms with Crippen LogP contribution in [0.25, 0.3) is 0 Å². The van der Waals surface area contributed by atoms with E-state index in [1.807, 2.05) is 36.4 Å². The Morgan fingerprint density at radius 1 is 1.20 bits per heavy atom. The molecule has 0 unspecified atom stereocenters. The van der Waals surface area contributed by atoms with Crippen LogP contribution < -0.4 is 4.74 Å². The van der Waals surface area contributed by atoms with Gasteiger partial charge in [0.15, 0.2) is 0 Å². The molecular formula is C19H20ClNO3S. The fourth-order valence-corrected chi connectivity index (χ4v) is 2.61. The fourth-order valence-electron chi connectivity index (χ4n) is 2.18. The van der Waals surface area contributed by atoms with Crippen LogP contribution in [-0.2, 0) is 16.1 Å². The molecule has 0 bridgehead atoms. The zero-order valence-electron chi connectivity index (χ0n) is 14.2. The molecule has 0 atom stereocenters. The van der Waals surface area contributed by atoms with Gasteiger partial charge in [0.05, 0.1) is 11.6 Å². The molecule has 2 aromatic carbocycles. The lowest BCUT2D eigenvalue weighted by Crippen LogP contribution is -2.32. The quantitative estimate of drug-likeness (QED) is 0.536. The second kappa shape index (κ2) is 9.39. The van der Waals surface area contributed by atoms with Crippen LogP contribution in [0.15, 0.2) is 48.5 Å². The lowest BCUT2D eigenvalue weighted by atomic mass is 10.2. The third kappa shape index (κ3) is 5.73. The average Bonchev–Trinajstić information content (AvgIpc) is 2.61. The van der Waals surface area contributed by atoms with E-state index in [1.54, 1.807) is 31.0 Å². The summed E-state index contributed by atoms with van der Waals surface area (Å²) in [4.78, 5) is 13.7. The largest absolute Gasteiger partial charge is 0.487 e. The molecule has 0 N–H and O–H groups in total. The van der Waals surface area contributed by atoms with Crippen molar-refractivity contribution in [2.24, 2.45) is 0 Å². The Kier molecular flexibility index (Phi) is 7.22. The number of hydrogen-bond donors (Lipinski definition) is 0. The number of esters is 1. The highest BCUT2D eigenvalue weighted by Gasteiger charge is 2.14. The van der Waals surface area contributed by atoms with Crippen LogP contribution in [0.3, 0.4) is 0 Å². The van der Waals surface area contributed by atoms with Gasteiger partial charge in [-0.2, -0.15) is 0 Å². The van der Waals surface area contributed by atoms with E-state index in [4.69, 9.17) is 33.3 Å². The van der Waals surface area contributed by atoms with Gasteiger partial charge in [-0.05, 0) is 30.7 Å². The van der Waals surface area contributed by atoms with Gasteiger partial charge in [-0.15, -0.1) is 0 Å². The second-order valence-electron chi connectivity index (χ2n) is 5.39. The molecule has 0 aliphatic carbocycles. The lowest BCUT2D eigenvalue weighted by molar-refractivity contribution is -0.143. The summed E-state index contributed by atoms with van der Waals surface area (Å²) in [5.41, 5.74) is 1.81. The summed E-state index contributed by atoms with van der Waals surface area (Å²) in [6.07, 6.45) is 0. The van der Waals surface area contributed by atoms with Gasteiger partial charge in [0.25, 0.3) is 0 Å². The van der Waals surface area contributed by atoms with Gasteiger partial charge in [0.1, 0.15) is 23.9 Å². The molecule has 0 aliphatic rings. The number of carbonyl (C=O) groups excluding carboxylic acids is 1. The number of carbonyl (C=O) groups is 1. The first-order valence-corrected chi connectivity index (χ1v) is 8.67. The number of likely N-dealkylation sites (N-methyl/N-ethyl adjacent to an activating group) is 1. The molecule has 132 valence electrons. The molecule has 6 heteroatoms. The van der Waals surface area contributed by atoms with Crippen molar-refractivity contribution in [2.75, 3.05) is 20.2 Å². The zero-order chi connectivity index (χ0) is 18.2. The second-order valence-corrected chi connectivity index (χ2v) is 6.18. The van der Waals surface area contributed by atoms with Crippen molar-refractivity contribution in [2.45, 2.75) is 13.5 Å². The van der Waals surface area contributed by atoms with Gasteiger partial charge in [-0.25, -0.2) is 0 Å². The van der Waals surface area contributed by atoms with Crippen molar-refractivity contribution in [1.82, 2.24) is 4.90 Å². The number of halogens is 1. The number of rotatable bonds is 7. The summed E-state index contributed by atoms with van der Waals surface area (Å²) in [6, 6.07) is 15.2. The number of hydrogen-bond acceptors (Lipinski definition) is 4. The highest BCUT2D eigenvalue weighted by atomic mass is 35.5. The van der Waals surface area contributed by atoms with Gasteiger partial charge in [0, 0.05) is 12.6 Å². The number of nitrogens with zero attached hydrogens (tertiary/aromatic N) is 1. The third-order valence-corrected chi connectivity index (χ3v) is 4.28. The van der Waals surface area contributed by atoms with Crippen molar-refractivity contribution < 1.29 is 14.3 Å². The maximum atomic E-state index is 11.6. The first-order chi connectivity index (χ1) is 12.0. The van der Waals surface area contributed by atoms with Crippen LogP contribution in [-0.4, -0.2) is 36.1 Å². The van der Waals surface area contributed by atoms with E-state index in [0.717, 1.165) is 11.1 Å². The minimum atomic E-state index is -0.318. The Bertz CT molecular complexity index is 737. The van der Waals surface area contributed by atoms with E-state index in [0.29, 0.717) is 29.0 Å². The molecule has 2 aromatic rings. The van der Waals surface area contributed by atoms with Gasteiger partial charge < -0.3 is 14.4 Å². The molecule has 0 aliphatic heterocycles. The number of benzene rings is 2. The molecule has 0 aromatic heterocycles. The van der Waals surface area contributed by atoms with Gasteiger partial charge in [0.2, 0.25) is 0 Å². The van der Waals surface area contributed by atoms with E-state index < -0.39 is 0 Å².